The minimum Gasteiger partial charge on any atom is -0.494 e. The van der Waals surface area contributed by atoms with Crippen molar-refractivity contribution in [3.63, 3.8) is 0 Å². The van der Waals surface area contributed by atoms with Gasteiger partial charge in [-0.15, -0.1) is 0 Å². The van der Waals surface area contributed by atoms with Crippen molar-refractivity contribution in [2.45, 2.75) is 50.9 Å². The maximum Gasteiger partial charge on any atom is 0.433 e. The number of carbonyl (C=O) groups is 2. The Hall–Kier alpha value is -2.53. The van der Waals surface area contributed by atoms with Crippen LogP contribution in [0.4, 0.5) is 13.2 Å². The highest BCUT2D eigenvalue weighted by Gasteiger charge is 2.38. The number of carbonyl (C=O) groups excluding carboxylic acids is 2. The lowest BCUT2D eigenvalue weighted by atomic mass is 9.91. The van der Waals surface area contributed by atoms with E-state index in [4.69, 9.17) is 16.3 Å². The molecule has 1 N–H and O–H groups in total. The van der Waals surface area contributed by atoms with Crippen LogP contribution in [0.5, 0.6) is 5.75 Å². The van der Waals surface area contributed by atoms with Crippen LogP contribution in [0.3, 0.4) is 0 Å². The summed E-state index contributed by atoms with van der Waals surface area (Å²) in [5.41, 5.74) is -1.58. The summed E-state index contributed by atoms with van der Waals surface area (Å²) in [6.07, 6.45) is -2.46. The van der Waals surface area contributed by atoms with Gasteiger partial charge in [0.1, 0.15) is 18.0 Å². The number of pyridine rings is 1. The molecule has 33 heavy (non-hydrogen) atoms. The monoisotopic (exact) mass is 488 g/mol. The summed E-state index contributed by atoms with van der Waals surface area (Å²) in [5, 5.41) is 13.3. The van der Waals surface area contributed by atoms with Crippen molar-refractivity contribution in [3.8, 4) is 5.75 Å². The molecule has 1 saturated carbocycles. The summed E-state index contributed by atoms with van der Waals surface area (Å²) in [4.78, 5) is 28.8. The Morgan fingerprint density at radius 3 is 2.55 bits per heavy atom. The molecule has 0 unspecified atom stereocenters. The Morgan fingerprint density at radius 2 is 1.94 bits per heavy atom. The Kier molecular flexibility index (Phi) is 6.45. The Bertz CT molecular complexity index is 1070. The van der Waals surface area contributed by atoms with Crippen molar-refractivity contribution in [3.05, 3.63) is 28.5 Å². The van der Waals surface area contributed by atoms with E-state index in [9.17, 15) is 27.9 Å². The van der Waals surface area contributed by atoms with E-state index in [1.165, 1.54) is 11.0 Å². The number of ether oxygens (including phenoxy) is 1. The number of piperazine rings is 1. The van der Waals surface area contributed by atoms with Gasteiger partial charge >= 0.3 is 6.18 Å². The molecule has 180 valence electrons. The predicted molar refractivity (Wildman–Crippen MR) is 112 cm³/mol. The van der Waals surface area contributed by atoms with Gasteiger partial charge in [0.25, 0.3) is 5.91 Å². The minimum absolute atomic E-state index is 0.0169. The molecule has 2 aromatic rings. The molecule has 2 aliphatic rings. The van der Waals surface area contributed by atoms with Gasteiger partial charge in [-0.1, -0.05) is 11.6 Å². The highest BCUT2D eigenvalue weighted by molar-refractivity contribution is 6.36. The van der Waals surface area contributed by atoms with E-state index in [0.29, 0.717) is 36.7 Å². The summed E-state index contributed by atoms with van der Waals surface area (Å²) in [6, 6.07) is 2.12. The van der Waals surface area contributed by atoms with Crippen LogP contribution in [0.25, 0.3) is 5.52 Å². The molecule has 0 bridgehead atoms. The van der Waals surface area contributed by atoms with Gasteiger partial charge in [-0.05, 0) is 32.6 Å². The molecule has 2 aromatic heterocycles. The van der Waals surface area contributed by atoms with Crippen molar-refractivity contribution in [1.29, 1.82) is 0 Å². The van der Waals surface area contributed by atoms with E-state index in [1.807, 2.05) is 0 Å². The van der Waals surface area contributed by atoms with Crippen LogP contribution < -0.4 is 4.74 Å². The van der Waals surface area contributed by atoms with E-state index in [-0.39, 0.29) is 59.7 Å². The number of halogens is 4. The second kappa shape index (κ2) is 9.02. The van der Waals surface area contributed by atoms with Crippen LogP contribution in [0, 0.1) is 0 Å². The van der Waals surface area contributed by atoms with Gasteiger partial charge in [0.05, 0.1) is 23.3 Å². The average Bonchev–Trinajstić information content (AvgIpc) is 3.09. The van der Waals surface area contributed by atoms with Gasteiger partial charge in [-0.3, -0.25) is 9.59 Å². The Morgan fingerprint density at radius 1 is 1.24 bits per heavy atom. The lowest BCUT2D eigenvalue weighted by Crippen LogP contribution is -2.56. The molecule has 12 heteroatoms. The first-order valence-electron chi connectivity index (χ1n) is 10.8. The largest absolute Gasteiger partial charge is 0.494 e. The third-order valence-electron chi connectivity index (χ3n) is 6.10. The smallest absolute Gasteiger partial charge is 0.433 e. The van der Waals surface area contributed by atoms with Crippen LogP contribution in [0.2, 0.25) is 5.02 Å². The van der Waals surface area contributed by atoms with Crippen molar-refractivity contribution in [1.82, 2.24) is 19.4 Å². The fraction of sp³-hybridized carbons (Fsp3) is 0.571. The summed E-state index contributed by atoms with van der Waals surface area (Å²) in [5.74, 6) is -0.994. The quantitative estimate of drug-likeness (QED) is 0.715. The molecular formula is C21H24ClF3N4O4. The number of nitrogens with zero attached hydrogens (tertiary/aromatic N) is 4. The second-order valence-corrected chi connectivity index (χ2v) is 8.62. The lowest BCUT2D eigenvalue weighted by molar-refractivity contribution is -0.142. The van der Waals surface area contributed by atoms with Gasteiger partial charge in [0.2, 0.25) is 5.91 Å². The van der Waals surface area contributed by atoms with Crippen LogP contribution in [0.1, 0.15) is 48.8 Å². The molecule has 0 radical (unpaired) electrons. The minimum atomic E-state index is -4.75. The topological polar surface area (TPSA) is 87.4 Å². The first-order valence-corrected chi connectivity index (χ1v) is 11.2. The van der Waals surface area contributed by atoms with Crippen molar-refractivity contribution in [2.24, 2.45) is 0 Å². The summed E-state index contributed by atoms with van der Waals surface area (Å²) in [6.45, 7) is 2.09. The molecule has 1 aliphatic carbocycles. The fourth-order valence-electron chi connectivity index (χ4n) is 4.45. The van der Waals surface area contributed by atoms with Gasteiger partial charge in [-0.2, -0.15) is 18.3 Å². The third-order valence-corrected chi connectivity index (χ3v) is 6.48. The van der Waals surface area contributed by atoms with Gasteiger partial charge in [0, 0.05) is 31.3 Å². The molecule has 0 aromatic carbocycles. The van der Waals surface area contributed by atoms with E-state index >= 15 is 0 Å². The number of hydrogen-bond donors (Lipinski definition) is 1. The van der Waals surface area contributed by atoms with Gasteiger partial charge < -0.3 is 19.6 Å². The summed E-state index contributed by atoms with van der Waals surface area (Å²) >= 11 is 6.29. The maximum atomic E-state index is 13.6. The molecule has 1 saturated heterocycles. The predicted octanol–water partition coefficient (Wildman–Crippen LogP) is 2.99. The highest BCUT2D eigenvalue weighted by atomic mass is 35.5. The van der Waals surface area contributed by atoms with Gasteiger partial charge in [0.15, 0.2) is 5.69 Å². The highest BCUT2D eigenvalue weighted by Crippen LogP contribution is 2.36. The van der Waals surface area contributed by atoms with Crippen LogP contribution >= 0.6 is 11.6 Å². The zero-order valence-corrected chi connectivity index (χ0v) is 18.7. The summed E-state index contributed by atoms with van der Waals surface area (Å²) < 4.78 is 46.6. The van der Waals surface area contributed by atoms with Crippen LogP contribution in [0.15, 0.2) is 12.1 Å². The SMILES string of the molecule is CCOc1cc(C(F)(F)F)n2nc(C(=O)N3CCN([C@H]4CC[C@H](O)CC4)C(=O)C3)c(Cl)c2c1. The third kappa shape index (κ3) is 4.61. The average molecular weight is 489 g/mol. The molecule has 4 rings (SSSR count). The van der Waals surface area contributed by atoms with E-state index < -0.39 is 17.8 Å². The lowest BCUT2D eigenvalue weighted by Gasteiger charge is -2.41. The van der Waals surface area contributed by atoms with E-state index in [0.717, 1.165) is 6.07 Å². The number of alkyl halides is 3. The number of aliphatic hydroxyl groups is 1. The fourth-order valence-corrected chi connectivity index (χ4v) is 4.70. The first kappa shape index (κ1) is 23.6. The second-order valence-electron chi connectivity index (χ2n) is 8.24. The Balaban J connectivity index is 1.58. The number of fused-ring (bicyclic) bond motifs is 1. The molecule has 0 atom stereocenters. The van der Waals surface area contributed by atoms with Gasteiger partial charge in [-0.25, -0.2) is 4.52 Å². The van der Waals surface area contributed by atoms with Crippen LogP contribution in [-0.4, -0.2) is 74.7 Å². The van der Waals surface area contributed by atoms with E-state index in [2.05, 4.69) is 5.10 Å². The molecular weight excluding hydrogens is 465 g/mol. The van der Waals surface area contributed by atoms with Crippen molar-refractivity contribution < 1.29 is 32.6 Å². The molecule has 2 fully saturated rings. The van der Waals surface area contributed by atoms with Crippen molar-refractivity contribution in [2.75, 3.05) is 26.2 Å². The van der Waals surface area contributed by atoms with Crippen LogP contribution in [-0.2, 0) is 11.0 Å². The number of amides is 2. The number of hydrogen-bond acceptors (Lipinski definition) is 5. The van der Waals surface area contributed by atoms with Crippen molar-refractivity contribution >= 4 is 28.9 Å². The molecule has 0 spiro atoms. The molecule has 8 nitrogen and oxygen atoms in total. The van der Waals surface area contributed by atoms with E-state index in [1.54, 1.807) is 11.8 Å². The Labute approximate surface area is 192 Å². The first-order chi connectivity index (χ1) is 15.6. The molecule has 2 amide bonds. The standard InChI is InChI=1S/C21H24ClF3N4O4/c1-2-33-14-9-15-18(22)19(26-29(15)16(10-14)21(23,24)25)20(32)27-7-8-28(17(31)11-27)12-3-5-13(30)6-4-12/h9-10,12-13,30H,2-8,11H2,1H3/t12-,13-. The normalized spacial score (nSPS) is 22.2. The summed E-state index contributed by atoms with van der Waals surface area (Å²) in [7, 11) is 0. The maximum absolute atomic E-state index is 13.6. The number of aromatic nitrogens is 2. The molecule has 1 aliphatic heterocycles. The zero-order chi connectivity index (χ0) is 23.9. The zero-order valence-electron chi connectivity index (χ0n) is 17.9. The number of rotatable bonds is 4. The molecule has 3 heterocycles. The number of aliphatic hydroxyl groups excluding tert-OH is 1.